The van der Waals surface area contributed by atoms with Crippen molar-refractivity contribution in [1.82, 2.24) is 5.32 Å². The summed E-state index contributed by atoms with van der Waals surface area (Å²) in [7, 11) is 1.30. The molecule has 0 aliphatic heterocycles. The highest BCUT2D eigenvalue weighted by atomic mass is 16.5. The Morgan fingerprint density at radius 1 is 1.50 bits per heavy atom. The van der Waals surface area contributed by atoms with Crippen LogP contribution in [-0.2, 0) is 14.3 Å². The van der Waals surface area contributed by atoms with Gasteiger partial charge in [0, 0.05) is 6.42 Å². The molecule has 0 spiro atoms. The zero-order chi connectivity index (χ0) is 11.1. The van der Waals surface area contributed by atoms with Crippen molar-refractivity contribution >= 4 is 11.9 Å². The van der Waals surface area contributed by atoms with Crippen LogP contribution >= 0.6 is 0 Å². The third kappa shape index (κ3) is 4.07. The maximum absolute atomic E-state index is 11.2. The van der Waals surface area contributed by atoms with Crippen molar-refractivity contribution in [1.29, 1.82) is 0 Å². The molecule has 4 heteroatoms. The molecule has 0 radical (unpaired) electrons. The molecule has 0 bridgehead atoms. The van der Waals surface area contributed by atoms with Crippen molar-refractivity contribution in [3.63, 3.8) is 0 Å². The number of ether oxygens (including phenoxy) is 1. The van der Waals surface area contributed by atoms with E-state index in [1.54, 1.807) is 0 Å². The summed E-state index contributed by atoms with van der Waals surface area (Å²) in [5.74, 6) is -0.627. The number of rotatable bonds is 5. The second-order valence-corrected chi connectivity index (χ2v) is 3.31. The molecule has 1 atom stereocenters. The van der Waals surface area contributed by atoms with Gasteiger partial charge in [0.2, 0.25) is 5.91 Å². The second-order valence-electron chi connectivity index (χ2n) is 3.31. The minimum absolute atomic E-state index is 0.0104. The number of hydrogen-bond acceptors (Lipinski definition) is 3. The van der Waals surface area contributed by atoms with Crippen molar-refractivity contribution < 1.29 is 14.3 Å². The van der Waals surface area contributed by atoms with E-state index in [-0.39, 0.29) is 18.2 Å². The van der Waals surface area contributed by atoms with Crippen LogP contribution in [0.2, 0.25) is 0 Å². The fraction of sp³-hybridized carbons (Fsp3) is 0.600. The minimum atomic E-state index is -0.576. The Morgan fingerprint density at radius 2 is 2.07 bits per heavy atom. The summed E-state index contributed by atoms with van der Waals surface area (Å²) in [5.41, 5.74) is 0. The van der Waals surface area contributed by atoms with Gasteiger partial charge in [-0.3, -0.25) is 4.79 Å². The number of carbonyl (C=O) groups is 2. The molecule has 0 fully saturated rings. The molecule has 14 heavy (non-hydrogen) atoms. The van der Waals surface area contributed by atoms with Crippen LogP contribution in [0, 0.1) is 5.92 Å². The molecule has 0 aliphatic carbocycles. The van der Waals surface area contributed by atoms with E-state index in [0.717, 1.165) is 0 Å². The van der Waals surface area contributed by atoms with Gasteiger partial charge in [0.1, 0.15) is 6.04 Å². The van der Waals surface area contributed by atoms with Gasteiger partial charge in [-0.05, 0) is 5.92 Å². The lowest BCUT2D eigenvalue weighted by Crippen LogP contribution is -2.44. The van der Waals surface area contributed by atoms with E-state index < -0.39 is 12.0 Å². The normalized spacial score (nSPS) is 12.0. The molecule has 0 aliphatic rings. The highest BCUT2D eigenvalue weighted by Crippen LogP contribution is 2.03. The van der Waals surface area contributed by atoms with E-state index in [4.69, 9.17) is 0 Å². The largest absolute Gasteiger partial charge is 0.467 e. The van der Waals surface area contributed by atoms with E-state index >= 15 is 0 Å². The van der Waals surface area contributed by atoms with Gasteiger partial charge < -0.3 is 10.1 Å². The second kappa shape index (κ2) is 6.18. The molecule has 0 aromatic carbocycles. The van der Waals surface area contributed by atoms with Crippen molar-refractivity contribution in [2.75, 3.05) is 7.11 Å². The number of nitrogens with one attached hydrogen (secondary N) is 1. The molecule has 1 N–H and O–H groups in total. The summed E-state index contributed by atoms with van der Waals surface area (Å²) >= 11 is 0. The molecular formula is C10H17NO3. The molecule has 0 aromatic heterocycles. The predicted molar refractivity (Wildman–Crippen MR) is 53.6 cm³/mol. The van der Waals surface area contributed by atoms with Crippen LogP contribution in [0.3, 0.4) is 0 Å². The van der Waals surface area contributed by atoms with Gasteiger partial charge in [-0.2, -0.15) is 0 Å². The van der Waals surface area contributed by atoms with E-state index in [1.165, 1.54) is 13.2 Å². The van der Waals surface area contributed by atoms with Crippen molar-refractivity contribution in [2.24, 2.45) is 5.92 Å². The van der Waals surface area contributed by atoms with E-state index in [1.807, 2.05) is 13.8 Å². The summed E-state index contributed by atoms with van der Waals surface area (Å²) in [4.78, 5) is 22.4. The number of amides is 1. The maximum atomic E-state index is 11.2. The van der Waals surface area contributed by atoms with E-state index in [9.17, 15) is 9.59 Å². The molecule has 0 aromatic rings. The molecule has 1 amide bonds. The fourth-order valence-electron chi connectivity index (χ4n) is 0.988. The molecule has 0 heterocycles. The predicted octanol–water partition coefficient (Wildman–Crippen LogP) is 0.876. The first-order valence-corrected chi connectivity index (χ1v) is 4.51. The number of methoxy groups -OCH3 is 1. The minimum Gasteiger partial charge on any atom is -0.467 e. The zero-order valence-electron chi connectivity index (χ0n) is 8.87. The molecule has 0 saturated heterocycles. The van der Waals surface area contributed by atoms with Crippen LogP contribution in [0.15, 0.2) is 12.7 Å². The van der Waals surface area contributed by atoms with E-state index in [2.05, 4.69) is 16.6 Å². The van der Waals surface area contributed by atoms with Crippen LogP contribution in [0.5, 0.6) is 0 Å². The number of esters is 1. The highest BCUT2D eigenvalue weighted by molar-refractivity contribution is 5.85. The van der Waals surface area contributed by atoms with Gasteiger partial charge in [0.15, 0.2) is 0 Å². The monoisotopic (exact) mass is 199 g/mol. The summed E-state index contributed by atoms with van der Waals surface area (Å²) in [6, 6.07) is -0.576. The quantitative estimate of drug-likeness (QED) is 0.528. The van der Waals surface area contributed by atoms with Gasteiger partial charge in [-0.15, -0.1) is 6.58 Å². The highest BCUT2D eigenvalue weighted by Gasteiger charge is 2.24. The summed E-state index contributed by atoms with van der Waals surface area (Å²) < 4.78 is 4.57. The standard InChI is InChI=1S/C10H17NO3/c1-5-6-8(12)11-9(7(2)3)10(13)14-4/h5,7,9H,1,6H2,2-4H3,(H,11,12). The molecule has 0 saturated carbocycles. The zero-order valence-corrected chi connectivity index (χ0v) is 8.87. The van der Waals surface area contributed by atoms with Gasteiger partial charge in [0.05, 0.1) is 7.11 Å². The Labute approximate surface area is 84.3 Å². The average Bonchev–Trinajstić information content (AvgIpc) is 2.13. The van der Waals surface area contributed by atoms with Crippen LogP contribution in [-0.4, -0.2) is 25.0 Å². The number of carbonyl (C=O) groups excluding carboxylic acids is 2. The van der Waals surface area contributed by atoms with Crippen LogP contribution < -0.4 is 5.32 Å². The van der Waals surface area contributed by atoms with Gasteiger partial charge >= 0.3 is 5.97 Å². The first-order valence-electron chi connectivity index (χ1n) is 4.51. The first-order chi connectivity index (χ1) is 6.52. The Hall–Kier alpha value is -1.32. The topological polar surface area (TPSA) is 55.4 Å². The Kier molecular flexibility index (Phi) is 5.60. The maximum Gasteiger partial charge on any atom is 0.328 e. The third-order valence-electron chi connectivity index (χ3n) is 1.77. The van der Waals surface area contributed by atoms with E-state index in [0.29, 0.717) is 0 Å². The number of hydrogen-bond donors (Lipinski definition) is 1. The van der Waals surface area contributed by atoms with Crippen molar-refractivity contribution in [3.05, 3.63) is 12.7 Å². The Morgan fingerprint density at radius 3 is 2.43 bits per heavy atom. The summed E-state index contributed by atoms with van der Waals surface area (Å²) in [6.07, 6.45) is 1.70. The van der Waals surface area contributed by atoms with Crippen molar-refractivity contribution in [3.8, 4) is 0 Å². The lowest BCUT2D eigenvalue weighted by atomic mass is 10.0. The third-order valence-corrected chi connectivity index (χ3v) is 1.77. The summed E-state index contributed by atoms with van der Waals surface area (Å²) in [6.45, 7) is 7.13. The Balaban J connectivity index is 4.30. The average molecular weight is 199 g/mol. The molecular weight excluding hydrogens is 182 g/mol. The first kappa shape index (κ1) is 12.7. The van der Waals surface area contributed by atoms with Crippen LogP contribution in [0.25, 0.3) is 0 Å². The SMILES string of the molecule is C=CCC(=O)NC(C(=O)OC)C(C)C. The molecule has 1 unspecified atom stereocenters. The smallest absolute Gasteiger partial charge is 0.328 e. The van der Waals surface area contributed by atoms with Gasteiger partial charge in [-0.1, -0.05) is 19.9 Å². The molecule has 0 rings (SSSR count). The fourth-order valence-corrected chi connectivity index (χ4v) is 0.988. The van der Waals surface area contributed by atoms with Crippen LogP contribution in [0.1, 0.15) is 20.3 Å². The van der Waals surface area contributed by atoms with Gasteiger partial charge in [-0.25, -0.2) is 4.79 Å². The molecule has 80 valence electrons. The lowest BCUT2D eigenvalue weighted by Gasteiger charge is -2.19. The Bertz CT molecular complexity index is 223. The molecule has 4 nitrogen and oxygen atoms in total. The summed E-state index contributed by atoms with van der Waals surface area (Å²) in [5, 5.41) is 2.58. The van der Waals surface area contributed by atoms with Crippen LogP contribution in [0.4, 0.5) is 0 Å². The van der Waals surface area contributed by atoms with Gasteiger partial charge in [0.25, 0.3) is 0 Å². The lowest BCUT2D eigenvalue weighted by molar-refractivity contribution is -0.146. The van der Waals surface area contributed by atoms with Crippen molar-refractivity contribution in [2.45, 2.75) is 26.3 Å².